The average molecular weight is 438 g/mol. The second kappa shape index (κ2) is 10.1. The Labute approximate surface area is 194 Å². The Balaban J connectivity index is 1.53. The van der Waals surface area contributed by atoms with Crippen LogP contribution in [-0.2, 0) is 24.3 Å². The third kappa shape index (κ3) is 5.47. The standard InChI is InChI=1S/C29H27NO3/c1-21-11-14-24(27-10-6-5-9-26(21)27)17-18-28(31)30(19-22-7-3-2-4-8-22)20-23-12-15-25(16-13-23)29(32)33/h2-16H,17-20H2,1H3,(H,32,33). The number of rotatable bonds is 8. The van der Waals surface area contributed by atoms with Crippen LogP contribution in [0, 0.1) is 6.92 Å². The number of aryl methyl sites for hydroxylation is 2. The van der Waals surface area contributed by atoms with Gasteiger partial charge in [-0.2, -0.15) is 0 Å². The fourth-order valence-electron chi connectivity index (χ4n) is 4.14. The number of carboxylic acid groups (broad SMARTS) is 1. The number of hydrogen-bond acceptors (Lipinski definition) is 2. The van der Waals surface area contributed by atoms with E-state index in [-0.39, 0.29) is 11.5 Å². The van der Waals surface area contributed by atoms with E-state index in [1.165, 1.54) is 21.9 Å². The van der Waals surface area contributed by atoms with Gasteiger partial charge in [-0.3, -0.25) is 4.79 Å². The molecule has 4 rings (SSSR count). The van der Waals surface area contributed by atoms with E-state index in [4.69, 9.17) is 5.11 Å². The van der Waals surface area contributed by atoms with Crippen LogP contribution in [0.3, 0.4) is 0 Å². The number of carbonyl (C=O) groups is 2. The fraction of sp³-hybridized carbons (Fsp3) is 0.172. The normalized spacial score (nSPS) is 10.8. The number of amides is 1. The van der Waals surface area contributed by atoms with Crippen LogP contribution in [0.2, 0.25) is 0 Å². The largest absolute Gasteiger partial charge is 0.478 e. The molecule has 0 spiro atoms. The number of aromatic carboxylic acids is 1. The van der Waals surface area contributed by atoms with Gasteiger partial charge in [-0.15, -0.1) is 0 Å². The van der Waals surface area contributed by atoms with Crippen LogP contribution in [0.4, 0.5) is 0 Å². The number of benzene rings is 4. The zero-order valence-electron chi connectivity index (χ0n) is 18.7. The van der Waals surface area contributed by atoms with Crippen LogP contribution in [0.15, 0.2) is 91.0 Å². The van der Waals surface area contributed by atoms with Crippen LogP contribution < -0.4 is 0 Å². The summed E-state index contributed by atoms with van der Waals surface area (Å²) in [5.41, 5.74) is 4.62. The first-order chi connectivity index (χ1) is 16.0. The summed E-state index contributed by atoms with van der Waals surface area (Å²) in [6, 6.07) is 29.2. The molecule has 0 unspecified atom stereocenters. The van der Waals surface area contributed by atoms with Gasteiger partial charge in [-0.05, 0) is 58.5 Å². The average Bonchev–Trinajstić information content (AvgIpc) is 2.84. The molecule has 4 nitrogen and oxygen atoms in total. The molecular formula is C29H27NO3. The van der Waals surface area contributed by atoms with Gasteiger partial charge in [0.05, 0.1) is 5.56 Å². The summed E-state index contributed by atoms with van der Waals surface area (Å²) in [6.45, 7) is 3.05. The van der Waals surface area contributed by atoms with Gasteiger partial charge >= 0.3 is 5.97 Å². The number of hydrogen-bond donors (Lipinski definition) is 1. The molecule has 4 heteroatoms. The van der Waals surface area contributed by atoms with Gasteiger partial charge in [0.15, 0.2) is 0 Å². The van der Waals surface area contributed by atoms with Crippen molar-refractivity contribution in [1.29, 1.82) is 0 Å². The highest BCUT2D eigenvalue weighted by atomic mass is 16.4. The predicted molar refractivity (Wildman–Crippen MR) is 131 cm³/mol. The van der Waals surface area contributed by atoms with Crippen LogP contribution in [0.25, 0.3) is 10.8 Å². The molecule has 4 aromatic carbocycles. The molecule has 0 saturated heterocycles. The summed E-state index contributed by atoms with van der Waals surface area (Å²) < 4.78 is 0. The van der Waals surface area contributed by atoms with E-state index in [2.05, 4.69) is 31.2 Å². The van der Waals surface area contributed by atoms with E-state index in [0.717, 1.165) is 11.1 Å². The summed E-state index contributed by atoms with van der Waals surface area (Å²) in [7, 11) is 0. The highest BCUT2D eigenvalue weighted by Gasteiger charge is 2.16. The maximum atomic E-state index is 13.3. The van der Waals surface area contributed by atoms with E-state index in [9.17, 15) is 9.59 Å². The van der Waals surface area contributed by atoms with E-state index < -0.39 is 5.97 Å². The first kappa shape index (κ1) is 22.3. The lowest BCUT2D eigenvalue weighted by Gasteiger charge is -2.23. The van der Waals surface area contributed by atoms with Gasteiger partial charge < -0.3 is 10.0 Å². The quantitative estimate of drug-likeness (QED) is 0.367. The molecule has 1 N–H and O–H groups in total. The van der Waals surface area contributed by atoms with E-state index >= 15 is 0 Å². The summed E-state index contributed by atoms with van der Waals surface area (Å²) in [4.78, 5) is 26.3. The molecule has 4 aromatic rings. The summed E-state index contributed by atoms with van der Waals surface area (Å²) in [6.07, 6.45) is 1.08. The van der Waals surface area contributed by atoms with Crippen molar-refractivity contribution >= 4 is 22.6 Å². The minimum absolute atomic E-state index is 0.0748. The number of carbonyl (C=O) groups excluding carboxylic acids is 1. The van der Waals surface area contributed by atoms with E-state index in [1.807, 2.05) is 47.4 Å². The fourth-order valence-corrected chi connectivity index (χ4v) is 4.14. The Hall–Kier alpha value is -3.92. The number of fused-ring (bicyclic) bond motifs is 1. The van der Waals surface area contributed by atoms with Crippen molar-refractivity contribution in [3.05, 3.63) is 119 Å². The Bertz CT molecular complexity index is 1260. The van der Waals surface area contributed by atoms with Gasteiger partial charge in [0.2, 0.25) is 5.91 Å². The highest BCUT2D eigenvalue weighted by Crippen LogP contribution is 2.24. The maximum Gasteiger partial charge on any atom is 0.335 e. The van der Waals surface area contributed by atoms with Crippen LogP contribution in [0.1, 0.15) is 39.0 Å². The minimum Gasteiger partial charge on any atom is -0.478 e. The molecule has 0 bridgehead atoms. The lowest BCUT2D eigenvalue weighted by Crippen LogP contribution is -2.30. The molecule has 0 heterocycles. The van der Waals surface area contributed by atoms with Crippen molar-refractivity contribution in [2.24, 2.45) is 0 Å². The van der Waals surface area contributed by atoms with Gasteiger partial charge in [0.25, 0.3) is 0 Å². The molecule has 166 valence electrons. The number of nitrogens with zero attached hydrogens (tertiary/aromatic N) is 1. The highest BCUT2D eigenvalue weighted by molar-refractivity contribution is 5.89. The van der Waals surface area contributed by atoms with Crippen molar-refractivity contribution in [3.63, 3.8) is 0 Å². The molecule has 1 amide bonds. The second-order valence-electron chi connectivity index (χ2n) is 8.32. The molecule has 0 aliphatic heterocycles. The molecule has 0 aromatic heterocycles. The summed E-state index contributed by atoms with van der Waals surface area (Å²) in [5.74, 6) is -0.880. The predicted octanol–water partition coefficient (Wildman–Crippen LogP) is 6.01. The lowest BCUT2D eigenvalue weighted by atomic mass is 9.97. The Morgan fingerprint density at radius 3 is 2.00 bits per heavy atom. The maximum absolute atomic E-state index is 13.3. The van der Waals surface area contributed by atoms with Gasteiger partial charge in [-0.25, -0.2) is 4.79 Å². The van der Waals surface area contributed by atoms with Crippen molar-refractivity contribution in [3.8, 4) is 0 Å². The van der Waals surface area contributed by atoms with E-state index in [1.54, 1.807) is 24.3 Å². The number of carboxylic acids is 1. The van der Waals surface area contributed by atoms with Crippen LogP contribution in [0.5, 0.6) is 0 Å². The first-order valence-corrected chi connectivity index (χ1v) is 11.1. The molecule has 0 atom stereocenters. The van der Waals surface area contributed by atoms with Gasteiger partial charge in [-0.1, -0.05) is 78.9 Å². The molecule has 0 fully saturated rings. The summed E-state index contributed by atoms with van der Waals surface area (Å²) >= 11 is 0. The second-order valence-corrected chi connectivity index (χ2v) is 8.32. The molecule has 33 heavy (non-hydrogen) atoms. The topological polar surface area (TPSA) is 57.6 Å². The monoisotopic (exact) mass is 437 g/mol. The van der Waals surface area contributed by atoms with E-state index in [0.29, 0.717) is 25.9 Å². The zero-order valence-corrected chi connectivity index (χ0v) is 18.7. The Morgan fingerprint density at radius 2 is 1.33 bits per heavy atom. The van der Waals surface area contributed by atoms with Crippen LogP contribution in [-0.4, -0.2) is 21.9 Å². The molecule has 0 aliphatic carbocycles. The van der Waals surface area contributed by atoms with Crippen molar-refractivity contribution in [2.75, 3.05) is 0 Å². The molecule has 0 saturated carbocycles. The van der Waals surface area contributed by atoms with Crippen molar-refractivity contribution in [1.82, 2.24) is 4.90 Å². The third-order valence-corrected chi connectivity index (χ3v) is 5.98. The molecular weight excluding hydrogens is 410 g/mol. The zero-order chi connectivity index (χ0) is 23.2. The van der Waals surface area contributed by atoms with Crippen molar-refractivity contribution in [2.45, 2.75) is 32.9 Å². The van der Waals surface area contributed by atoms with Gasteiger partial charge in [0, 0.05) is 19.5 Å². The Kier molecular flexibility index (Phi) is 6.84. The lowest BCUT2D eigenvalue weighted by molar-refractivity contribution is -0.132. The first-order valence-electron chi connectivity index (χ1n) is 11.1. The summed E-state index contributed by atoms with van der Waals surface area (Å²) in [5, 5.41) is 11.6. The molecule has 0 radical (unpaired) electrons. The minimum atomic E-state index is -0.955. The smallest absolute Gasteiger partial charge is 0.335 e. The van der Waals surface area contributed by atoms with Gasteiger partial charge in [0.1, 0.15) is 0 Å². The SMILES string of the molecule is Cc1ccc(CCC(=O)N(Cc2ccccc2)Cc2ccc(C(=O)O)cc2)c2ccccc12. The van der Waals surface area contributed by atoms with Crippen molar-refractivity contribution < 1.29 is 14.7 Å². The van der Waals surface area contributed by atoms with Crippen LogP contribution >= 0.6 is 0 Å². The molecule has 0 aliphatic rings. The third-order valence-electron chi connectivity index (χ3n) is 5.98. The Morgan fingerprint density at radius 1 is 0.727 bits per heavy atom.